The number of likely N-dealkylation sites (N-methyl/N-ethyl adjacent to an activating group) is 1. The molecule has 1 N–H and O–H groups in total. The molecule has 1 unspecified atom stereocenters. The fourth-order valence-electron chi connectivity index (χ4n) is 2.94. The maximum absolute atomic E-state index is 12.8. The van der Waals surface area contributed by atoms with Gasteiger partial charge in [0.1, 0.15) is 0 Å². The molecule has 1 amide bonds. The van der Waals surface area contributed by atoms with Crippen molar-refractivity contribution in [3.63, 3.8) is 0 Å². The zero-order valence-corrected chi connectivity index (χ0v) is 16.0. The van der Waals surface area contributed by atoms with Crippen molar-refractivity contribution < 1.29 is 4.79 Å². The SMILES string of the molecule is CN(C)C(CNC(=O)c1sccc1-c1ccccc1)Cc1ccccc1. The summed E-state index contributed by atoms with van der Waals surface area (Å²) in [6, 6.07) is 22.7. The lowest BCUT2D eigenvalue weighted by molar-refractivity contribution is 0.0946. The van der Waals surface area contributed by atoms with Crippen LogP contribution in [0.3, 0.4) is 0 Å². The number of hydrogen-bond donors (Lipinski definition) is 1. The van der Waals surface area contributed by atoms with Crippen LogP contribution in [0.4, 0.5) is 0 Å². The summed E-state index contributed by atoms with van der Waals surface area (Å²) in [5.74, 6) is -0.00114. The molecule has 0 aliphatic carbocycles. The number of amides is 1. The van der Waals surface area contributed by atoms with Gasteiger partial charge in [-0.3, -0.25) is 4.79 Å². The van der Waals surface area contributed by atoms with Gasteiger partial charge in [-0.05, 0) is 43.1 Å². The van der Waals surface area contributed by atoms with Crippen LogP contribution in [0.2, 0.25) is 0 Å². The van der Waals surface area contributed by atoms with Crippen molar-refractivity contribution in [2.45, 2.75) is 12.5 Å². The molecular formula is C22H24N2OS. The summed E-state index contributed by atoms with van der Waals surface area (Å²) in [6.07, 6.45) is 0.907. The van der Waals surface area contributed by atoms with Crippen LogP contribution < -0.4 is 5.32 Å². The van der Waals surface area contributed by atoms with Gasteiger partial charge in [-0.1, -0.05) is 60.7 Å². The Bertz CT molecular complexity index is 828. The molecule has 0 fully saturated rings. The third-order valence-corrected chi connectivity index (χ3v) is 5.41. The van der Waals surface area contributed by atoms with E-state index >= 15 is 0 Å². The van der Waals surface area contributed by atoms with E-state index in [0.29, 0.717) is 6.54 Å². The molecule has 0 bridgehead atoms. The first kappa shape index (κ1) is 18.4. The largest absolute Gasteiger partial charge is 0.350 e. The Morgan fingerprint density at radius 2 is 1.65 bits per heavy atom. The lowest BCUT2D eigenvalue weighted by Gasteiger charge is -2.24. The van der Waals surface area contributed by atoms with Crippen molar-refractivity contribution in [2.75, 3.05) is 20.6 Å². The molecule has 0 aliphatic rings. The van der Waals surface area contributed by atoms with Crippen LogP contribution in [0.5, 0.6) is 0 Å². The first-order chi connectivity index (χ1) is 12.6. The monoisotopic (exact) mass is 364 g/mol. The molecule has 0 saturated heterocycles. The predicted molar refractivity (Wildman–Crippen MR) is 110 cm³/mol. The van der Waals surface area contributed by atoms with E-state index in [4.69, 9.17) is 0 Å². The maximum Gasteiger partial charge on any atom is 0.262 e. The van der Waals surface area contributed by atoms with Crippen molar-refractivity contribution in [1.29, 1.82) is 0 Å². The van der Waals surface area contributed by atoms with Crippen LogP contribution in [0, 0.1) is 0 Å². The molecule has 0 saturated carbocycles. The van der Waals surface area contributed by atoms with E-state index < -0.39 is 0 Å². The number of benzene rings is 2. The van der Waals surface area contributed by atoms with Gasteiger partial charge in [-0.15, -0.1) is 11.3 Å². The number of nitrogens with one attached hydrogen (secondary N) is 1. The van der Waals surface area contributed by atoms with Gasteiger partial charge in [-0.25, -0.2) is 0 Å². The minimum atomic E-state index is -0.00114. The van der Waals surface area contributed by atoms with Gasteiger partial charge in [0, 0.05) is 18.2 Å². The third kappa shape index (κ3) is 4.59. The minimum absolute atomic E-state index is 0.00114. The summed E-state index contributed by atoms with van der Waals surface area (Å²) in [6.45, 7) is 0.618. The maximum atomic E-state index is 12.8. The molecule has 2 aromatic carbocycles. The molecule has 4 heteroatoms. The summed E-state index contributed by atoms with van der Waals surface area (Å²) >= 11 is 1.49. The predicted octanol–water partition coefficient (Wildman–Crippen LogP) is 4.32. The van der Waals surface area contributed by atoms with Crippen LogP contribution in [-0.2, 0) is 6.42 Å². The molecule has 0 spiro atoms. The first-order valence-corrected chi connectivity index (χ1v) is 9.64. The zero-order valence-electron chi connectivity index (χ0n) is 15.2. The van der Waals surface area contributed by atoms with Crippen molar-refractivity contribution in [1.82, 2.24) is 10.2 Å². The summed E-state index contributed by atoms with van der Waals surface area (Å²) in [5.41, 5.74) is 3.35. The van der Waals surface area contributed by atoms with Gasteiger partial charge >= 0.3 is 0 Å². The highest BCUT2D eigenvalue weighted by Crippen LogP contribution is 2.28. The Morgan fingerprint density at radius 1 is 1.00 bits per heavy atom. The van der Waals surface area contributed by atoms with Gasteiger partial charge in [-0.2, -0.15) is 0 Å². The zero-order chi connectivity index (χ0) is 18.4. The normalized spacial score (nSPS) is 12.1. The van der Waals surface area contributed by atoms with Gasteiger partial charge in [0.25, 0.3) is 5.91 Å². The van der Waals surface area contributed by atoms with E-state index in [0.717, 1.165) is 22.4 Å². The van der Waals surface area contributed by atoms with E-state index in [-0.39, 0.29) is 11.9 Å². The Labute approximate surface area is 159 Å². The number of carbonyl (C=O) groups excluding carboxylic acids is 1. The molecule has 26 heavy (non-hydrogen) atoms. The smallest absolute Gasteiger partial charge is 0.262 e. The Hall–Kier alpha value is -2.43. The van der Waals surface area contributed by atoms with Gasteiger partial charge in [0.05, 0.1) is 4.88 Å². The van der Waals surface area contributed by atoms with Gasteiger partial charge in [0.15, 0.2) is 0 Å². The summed E-state index contributed by atoms with van der Waals surface area (Å²) < 4.78 is 0. The number of carbonyl (C=O) groups is 1. The highest BCUT2D eigenvalue weighted by atomic mass is 32.1. The second kappa shape index (κ2) is 8.79. The molecule has 3 nitrogen and oxygen atoms in total. The highest BCUT2D eigenvalue weighted by molar-refractivity contribution is 7.12. The minimum Gasteiger partial charge on any atom is -0.350 e. The Morgan fingerprint density at radius 3 is 2.31 bits per heavy atom. The van der Waals surface area contributed by atoms with E-state index in [9.17, 15) is 4.79 Å². The number of hydrogen-bond acceptors (Lipinski definition) is 3. The standard InChI is InChI=1S/C22H24N2OS/c1-24(2)19(15-17-9-5-3-6-10-17)16-23-22(25)21-20(13-14-26-21)18-11-7-4-8-12-18/h3-14,19H,15-16H2,1-2H3,(H,23,25). The molecule has 1 heterocycles. The summed E-state index contributed by atoms with van der Waals surface area (Å²) in [7, 11) is 4.11. The van der Waals surface area contributed by atoms with Crippen LogP contribution in [0.1, 0.15) is 15.2 Å². The molecule has 3 rings (SSSR count). The molecule has 0 aliphatic heterocycles. The molecular weight excluding hydrogens is 340 g/mol. The number of thiophene rings is 1. The van der Waals surface area contributed by atoms with Crippen molar-refractivity contribution >= 4 is 17.2 Å². The van der Waals surface area contributed by atoms with Crippen LogP contribution in [0.15, 0.2) is 72.1 Å². The van der Waals surface area contributed by atoms with Crippen LogP contribution in [-0.4, -0.2) is 37.5 Å². The average Bonchev–Trinajstić information content (AvgIpc) is 3.16. The van der Waals surface area contributed by atoms with Crippen LogP contribution in [0.25, 0.3) is 11.1 Å². The van der Waals surface area contributed by atoms with Gasteiger partial charge in [0.2, 0.25) is 0 Å². The lowest BCUT2D eigenvalue weighted by Crippen LogP contribution is -2.41. The fourth-order valence-corrected chi connectivity index (χ4v) is 3.78. The lowest BCUT2D eigenvalue weighted by atomic mass is 10.0. The molecule has 134 valence electrons. The molecule has 0 radical (unpaired) electrons. The first-order valence-electron chi connectivity index (χ1n) is 8.76. The number of nitrogens with zero attached hydrogens (tertiary/aromatic N) is 1. The van der Waals surface area contributed by atoms with Crippen molar-refractivity contribution in [3.8, 4) is 11.1 Å². The summed E-state index contributed by atoms with van der Waals surface area (Å²) in [4.78, 5) is 15.7. The molecule has 1 atom stereocenters. The third-order valence-electron chi connectivity index (χ3n) is 4.50. The van der Waals surface area contributed by atoms with Crippen LogP contribution >= 0.6 is 11.3 Å². The van der Waals surface area contributed by atoms with E-state index in [1.54, 1.807) is 0 Å². The van der Waals surface area contributed by atoms with Crippen molar-refractivity contribution in [3.05, 3.63) is 82.6 Å². The molecule has 3 aromatic rings. The van der Waals surface area contributed by atoms with E-state index in [1.165, 1.54) is 16.9 Å². The second-order valence-corrected chi connectivity index (χ2v) is 7.46. The second-order valence-electron chi connectivity index (χ2n) is 6.55. The van der Waals surface area contributed by atoms with Crippen molar-refractivity contribution in [2.24, 2.45) is 0 Å². The highest BCUT2D eigenvalue weighted by Gasteiger charge is 2.18. The Balaban J connectivity index is 1.67. The topological polar surface area (TPSA) is 32.3 Å². The quantitative estimate of drug-likeness (QED) is 0.677. The fraction of sp³-hybridized carbons (Fsp3) is 0.227. The number of rotatable bonds is 7. The van der Waals surface area contributed by atoms with Gasteiger partial charge < -0.3 is 10.2 Å². The van der Waals surface area contributed by atoms with E-state index in [1.807, 2.05) is 47.8 Å². The summed E-state index contributed by atoms with van der Waals surface area (Å²) in [5, 5.41) is 5.10. The molecule has 1 aromatic heterocycles. The average molecular weight is 365 g/mol. The Kier molecular flexibility index (Phi) is 6.21. The van der Waals surface area contributed by atoms with E-state index in [2.05, 4.69) is 48.6 Å².